The van der Waals surface area contributed by atoms with Gasteiger partial charge in [-0.05, 0) is 36.8 Å². The zero-order valence-corrected chi connectivity index (χ0v) is 13.7. The normalized spacial score (nSPS) is 16.5. The molecule has 2 aromatic rings. The maximum Gasteiger partial charge on any atom is 0.262 e. The quantitative estimate of drug-likeness (QED) is 0.608. The second-order valence-corrected chi connectivity index (χ2v) is 7.12. The highest BCUT2D eigenvalue weighted by Crippen LogP contribution is 2.31. The number of halogens is 1. The largest absolute Gasteiger partial charge is 0.284 e. The summed E-state index contributed by atoms with van der Waals surface area (Å²) in [6.07, 6.45) is 5.84. The van der Waals surface area contributed by atoms with Gasteiger partial charge in [0.1, 0.15) is 0 Å². The third kappa shape index (κ3) is 2.97. The number of hydrogen-bond donors (Lipinski definition) is 0. The molecule has 0 amide bonds. The molecule has 0 N–H and O–H groups in total. The molecule has 1 fully saturated rings. The zero-order valence-electron chi connectivity index (χ0n) is 12.1. The van der Waals surface area contributed by atoms with Crippen LogP contribution in [0, 0.1) is 0 Å². The molecule has 5 heteroatoms. The molecule has 0 radical (unpaired) electrons. The van der Waals surface area contributed by atoms with Crippen molar-refractivity contribution in [2.45, 2.75) is 50.2 Å². The summed E-state index contributed by atoms with van der Waals surface area (Å²) in [5, 5.41) is 2.13. The Hall–Kier alpha value is -1.00. The summed E-state index contributed by atoms with van der Waals surface area (Å²) in [5.41, 5.74) is 0.787. The van der Waals surface area contributed by atoms with E-state index in [1.807, 2.05) is 4.57 Å². The third-order valence-corrected chi connectivity index (χ3v) is 5.11. The van der Waals surface area contributed by atoms with Gasteiger partial charge in [0.2, 0.25) is 0 Å². The Labute approximate surface area is 133 Å². The van der Waals surface area contributed by atoms with Gasteiger partial charge in [0.25, 0.3) is 5.56 Å². The van der Waals surface area contributed by atoms with E-state index >= 15 is 0 Å². The van der Waals surface area contributed by atoms with E-state index in [0.29, 0.717) is 22.0 Å². The fourth-order valence-corrected chi connectivity index (χ4v) is 4.00. The van der Waals surface area contributed by atoms with E-state index in [4.69, 9.17) is 16.6 Å². The van der Waals surface area contributed by atoms with Gasteiger partial charge in [-0.15, -0.1) is 0 Å². The Bertz CT molecular complexity index is 707. The average Bonchev–Trinajstić information content (AvgIpc) is 2.48. The highest BCUT2D eigenvalue weighted by atomic mass is 35.5. The van der Waals surface area contributed by atoms with Gasteiger partial charge in [-0.3, -0.25) is 9.36 Å². The van der Waals surface area contributed by atoms with Crippen LogP contribution in [-0.2, 0) is 0 Å². The maximum atomic E-state index is 12.9. The van der Waals surface area contributed by atoms with Crippen molar-refractivity contribution >= 4 is 34.3 Å². The Balaban J connectivity index is 2.20. The SMILES string of the molecule is CCSc1nc2cc(Cl)ccc2c(=O)n1C1CCCCC1. The van der Waals surface area contributed by atoms with E-state index in [1.165, 1.54) is 19.3 Å². The molecule has 0 atom stereocenters. The Morgan fingerprint density at radius 2 is 2.10 bits per heavy atom. The minimum atomic E-state index is 0.0829. The number of rotatable bonds is 3. The summed E-state index contributed by atoms with van der Waals surface area (Å²) in [6.45, 7) is 2.09. The van der Waals surface area contributed by atoms with Crippen molar-refractivity contribution in [3.63, 3.8) is 0 Å². The lowest BCUT2D eigenvalue weighted by atomic mass is 9.95. The number of aromatic nitrogens is 2. The molecule has 1 aromatic heterocycles. The standard InChI is InChI=1S/C16H19ClN2OS/c1-2-21-16-18-14-10-11(17)8-9-13(14)15(20)19(16)12-6-4-3-5-7-12/h8-10,12H,2-7H2,1H3. The van der Waals surface area contributed by atoms with Gasteiger partial charge in [0, 0.05) is 11.1 Å². The second-order valence-electron chi connectivity index (χ2n) is 5.46. The molecule has 1 aliphatic rings. The lowest BCUT2D eigenvalue weighted by molar-refractivity contribution is 0.326. The minimum Gasteiger partial charge on any atom is -0.284 e. The fourth-order valence-electron chi connectivity index (χ4n) is 3.04. The van der Waals surface area contributed by atoms with Crippen LogP contribution in [0.1, 0.15) is 45.1 Å². The molecule has 1 saturated carbocycles. The lowest BCUT2D eigenvalue weighted by Crippen LogP contribution is -2.29. The summed E-state index contributed by atoms with van der Waals surface area (Å²) < 4.78 is 1.93. The molecular weight excluding hydrogens is 304 g/mol. The first-order valence-corrected chi connectivity index (χ1v) is 8.91. The minimum absolute atomic E-state index is 0.0829. The van der Waals surface area contributed by atoms with Crippen LogP contribution in [0.5, 0.6) is 0 Å². The van der Waals surface area contributed by atoms with Gasteiger partial charge in [0.15, 0.2) is 5.16 Å². The molecular formula is C16H19ClN2OS. The van der Waals surface area contributed by atoms with Crippen LogP contribution in [0.15, 0.2) is 28.2 Å². The predicted octanol–water partition coefficient (Wildman–Crippen LogP) is 4.67. The van der Waals surface area contributed by atoms with Gasteiger partial charge in [-0.25, -0.2) is 4.98 Å². The number of thioether (sulfide) groups is 1. The van der Waals surface area contributed by atoms with E-state index in [9.17, 15) is 4.79 Å². The van der Waals surface area contributed by atoms with Gasteiger partial charge in [0.05, 0.1) is 10.9 Å². The van der Waals surface area contributed by atoms with E-state index in [1.54, 1.807) is 30.0 Å². The topological polar surface area (TPSA) is 34.9 Å². The molecule has 21 heavy (non-hydrogen) atoms. The highest BCUT2D eigenvalue weighted by molar-refractivity contribution is 7.99. The monoisotopic (exact) mass is 322 g/mol. The molecule has 1 aromatic carbocycles. The fraction of sp³-hybridized carbons (Fsp3) is 0.500. The summed E-state index contributed by atoms with van der Waals surface area (Å²) >= 11 is 7.67. The third-order valence-electron chi connectivity index (χ3n) is 4.04. The smallest absolute Gasteiger partial charge is 0.262 e. The number of fused-ring (bicyclic) bond motifs is 1. The van der Waals surface area contributed by atoms with Crippen LogP contribution in [0.2, 0.25) is 5.02 Å². The zero-order chi connectivity index (χ0) is 14.8. The van der Waals surface area contributed by atoms with Crippen molar-refractivity contribution in [1.29, 1.82) is 0 Å². The molecule has 3 nitrogen and oxygen atoms in total. The van der Waals surface area contributed by atoms with Gasteiger partial charge in [-0.2, -0.15) is 0 Å². The van der Waals surface area contributed by atoms with Crippen molar-refractivity contribution in [2.75, 3.05) is 5.75 Å². The van der Waals surface area contributed by atoms with Gasteiger partial charge < -0.3 is 0 Å². The molecule has 1 heterocycles. The van der Waals surface area contributed by atoms with Crippen LogP contribution in [0.25, 0.3) is 10.9 Å². The van der Waals surface area contributed by atoms with Crippen molar-refractivity contribution in [2.24, 2.45) is 0 Å². The van der Waals surface area contributed by atoms with Crippen LogP contribution in [0.4, 0.5) is 0 Å². The lowest BCUT2D eigenvalue weighted by Gasteiger charge is -2.26. The number of hydrogen-bond acceptors (Lipinski definition) is 3. The molecule has 0 saturated heterocycles. The average molecular weight is 323 g/mol. The van der Waals surface area contributed by atoms with Crippen LogP contribution in [0.3, 0.4) is 0 Å². The summed E-state index contributed by atoms with van der Waals surface area (Å²) in [5.74, 6) is 0.908. The highest BCUT2D eigenvalue weighted by Gasteiger charge is 2.21. The molecule has 0 spiro atoms. The first-order valence-electron chi connectivity index (χ1n) is 7.55. The van der Waals surface area contributed by atoms with E-state index in [-0.39, 0.29) is 5.56 Å². The van der Waals surface area contributed by atoms with E-state index in [0.717, 1.165) is 23.8 Å². The van der Waals surface area contributed by atoms with Gasteiger partial charge in [-0.1, -0.05) is 49.5 Å². The Morgan fingerprint density at radius 1 is 1.33 bits per heavy atom. The number of nitrogens with zero attached hydrogens (tertiary/aromatic N) is 2. The van der Waals surface area contributed by atoms with Crippen LogP contribution in [-0.4, -0.2) is 15.3 Å². The van der Waals surface area contributed by atoms with E-state index < -0.39 is 0 Å². The van der Waals surface area contributed by atoms with Gasteiger partial charge >= 0.3 is 0 Å². The molecule has 0 aliphatic heterocycles. The number of benzene rings is 1. The molecule has 1 aliphatic carbocycles. The molecule has 3 rings (SSSR count). The van der Waals surface area contributed by atoms with Crippen LogP contribution >= 0.6 is 23.4 Å². The Morgan fingerprint density at radius 3 is 2.81 bits per heavy atom. The Kier molecular flexibility index (Phi) is 4.55. The molecule has 0 unspecified atom stereocenters. The first-order chi connectivity index (χ1) is 10.2. The second kappa shape index (κ2) is 6.41. The molecule has 0 bridgehead atoms. The van der Waals surface area contributed by atoms with Crippen LogP contribution < -0.4 is 5.56 Å². The predicted molar refractivity (Wildman–Crippen MR) is 89.5 cm³/mol. The van der Waals surface area contributed by atoms with Crippen molar-refractivity contribution in [3.05, 3.63) is 33.6 Å². The summed E-state index contributed by atoms with van der Waals surface area (Å²) in [7, 11) is 0. The summed E-state index contributed by atoms with van der Waals surface area (Å²) in [4.78, 5) is 17.6. The molecule has 112 valence electrons. The van der Waals surface area contributed by atoms with Crippen molar-refractivity contribution < 1.29 is 0 Å². The van der Waals surface area contributed by atoms with E-state index in [2.05, 4.69) is 6.92 Å². The summed E-state index contributed by atoms with van der Waals surface area (Å²) in [6, 6.07) is 5.65. The first kappa shape index (κ1) is 14.9. The van der Waals surface area contributed by atoms with Crippen molar-refractivity contribution in [3.8, 4) is 0 Å². The maximum absolute atomic E-state index is 12.9. The van der Waals surface area contributed by atoms with Crippen molar-refractivity contribution in [1.82, 2.24) is 9.55 Å².